The Morgan fingerprint density at radius 2 is 1.39 bits per heavy atom. The van der Waals surface area contributed by atoms with Gasteiger partial charge < -0.3 is 24.6 Å². The Balaban J connectivity index is 2.91. The van der Waals surface area contributed by atoms with Gasteiger partial charge in [0, 0.05) is 6.42 Å². The topological polar surface area (TPSA) is 128 Å². The molecule has 2 N–H and O–H groups in total. The van der Waals surface area contributed by atoms with Gasteiger partial charge in [-0.1, -0.05) is 30.3 Å². The van der Waals surface area contributed by atoms with Gasteiger partial charge in [0.25, 0.3) is 0 Å². The van der Waals surface area contributed by atoms with Crippen molar-refractivity contribution in [1.29, 1.82) is 0 Å². The summed E-state index contributed by atoms with van der Waals surface area (Å²) in [5, 5.41) is 11.7. The highest BCUT2D eigenvalue weighted by Crippen LogP contribution is 2.20. The van der Waals surface area contributed by atoms with Crippen LogP contribution in [0.5, 0.6) is 0 Å². The molecule has 172 valence electrons. The number of carboxylic acid groups (broad SMARTS) is 1. The van der Waals surface area contributed by atoms with Gasteiger partial charge in [0.15, 0.2) is 5.92 Å². The number of alkyl carbamates (subject to hydrolysis) is 1. The molecule has 9 nitrogen and oxygen atoms in total. The summed E-state index contributed by atoms with van der Waals surface area (Å²) >= 11 is 0. The Kier molecular flexibility index (Phi) is 9.02. The van der Waals surface area contributed by atoms with Gasteiger partial charge in [-0.05, 0) is 47.1 Å². The Bertz CT molecular complexity index is 749. The predicted molar refractivity (Wildman–Crippen MR) is 111 cm³/mol. The number of aliphatic carboxylic acids is 1. The van der Waals surface area contributed by atoms with Gasteiger partial charge in [-0.2, -0.15) is 0 Å². The van der Waals surface area contributed by atoms with Crippen LogP contribution in [0.3, 0.4) is 0 Å². The van der Waals surface area contributed by atoms with E-state index < -0.39 is 53.6 Å². The standard InChI is InChI=1S/C22H31NO8/c1-21(2,3)30-18(26)15(19(27)31-22(4,5)6)12-16(17(24)25)23-20(28)29-13-14-10-8-7-9-11-14/h7-11,15-16H,12-13H2,1-6H3,(H,23,28)(H,24,25)/t16-/m1/s1. The molecule has 0 bridgehead atoms. The maximum absolute atomic E-state index is 12.6. The maximum Gasteiger partial charge on any atom is 0.408 e. The average molecular weight is 437 g/mol. The maximum atomic E-state index is 12.6. The number of hydrogen-bond acceptors (Lipinski definition) is 7. The van der Waals surface area contributed by atoms with Crippen LogP contribution in [0.25, 0.3) is 0 Å². The van der Waals surface area contributed by atoms with Crippen molar-refractivity contribution in [2.24, 2.45) is 5.92 Å². The van der Waals surface area contributed by atoms with Crippen LogP contribution < -0.4 is 5.32 Å². The summed E-state index contributed by atoms with van der Waals surface area (Å²) in [6, 6.07) is 7.24. The molecular formula is C22H31NO8. The Labute approximate surface area is 182 Å². The van der Waals surface area contributed by atoms with Crippen molar-refractivity contribution in [3.05, 3.63) is 35.9 Å². The van der Waals surface area contributed by atoms with E-state index in [0.717, 1.165) is 0 Å². The van der Waals surface area contributed by atoms with Crippen LogP contribution in [0.4, 0.5) is 4.79 Å². The van der Waals surface area contributed by atoms with Gasteiger partial charge in [0.05, 0.1) is 0 Å². The lowest BCUT2D eigenvalue weighted by atomic mass is 9.99. The zero-order chi connectivity index (χ0) is 23.8. The number of rotatable bonds is 8. The molecule has 0 radical (unpaired) electrons. The molecule has 0 aliphatic rings. The minimum absolute atomic E-state index is 0.0689. The summed E-state index contributed by atoms with van der Waals surface area (Å²) < 4.78 is 15.5. The smallest absolute Gasteiger partial charge is 0.408 e. The van der Waals surface area contributed by atoms with Crippen molar-refractivity contribution in [2.45, 2.75) is 71.8 Å². The number of hydrogen-bond donors (Lipinski definition) is 2. The second-order valence-electron chi connectivity index (χ2n) is 8.95. The number of carbonyl (C=O) groups is 4. The summed E-state index contributed by atoms with van der Waals surface area (Å²) in [7, 11) is 0. The van der Waals surface area contributed by atoms with Crippen molar-refractivity contribution in [1.82, 2.24) is 5.32 Å². The van der Waals surface area contributed by atoms with E-state index in [2.05, 4.69) is 5.32 Å². The summed E-state index contributed by atoms with van der Waals surface area (Å²) in [4.78, 5) is 48.9. The first kappa shape index (κ1) is 25.9. The molecule has 0 spiro atoms. The van der Waals surface area contributed by atoms with E-state index in [9.17, 15) is 24.3 Å². The molecule has 0 fully saturated rings. The van der Waals surface area contributed by atoms with Crippen molar-refractivity contribution in [2.75, 3.05) is 0 Å². The van der Waals surface area contributed by atoms with Crippen LogP contribution in [0.1, 0.15) is 53.5 Å². The molecule has 0 saturated heterocycles. The third-order valence-corrected chi connectivity index (χ3v) is 3.66. The van der Waals surface area contributed by atoms with E-state index in [-0.39, 0.29) is 6.61 Å². The molecule has 1 rings (SSSR count). The van der Waals surface area contributed by atoms with Gasteiger partial charge in [-0.3, -0.25) is 9.59 Å². The largest absolute Gasteiger partial charge is 0.480 e. The van der Waals surface area contributed by atoms with Crippen LogP contribution in [0.2, 0.25) is 0 Å². The van der Waals surface area contributed by atoms with Gasteiger partial charge >= 0.3 is 24.0 Å². The molecule has 1 aromatic carbocycles. The van der Waals surface area contributed by atoms with Crippen molar-refractivity contribution < 1.29 is 38.5 Å². The fourth-order valence-electron chi connectivity index (χ4n) is 2.40. The molecule has 0 aliphatic heterocycles. The van der Waals surface area contributed by atoms with E-state index in [1.165, 1.54) is 0 Å². The first-order valence-electron chi connectivity index (χ1n) is 9.83. The molecule has 0 heterocycles. The number of carbonyl (C=O) groups excluding carboxylic acids is 3. The summed E-state index contributed by atoms with van der Waals surface area (Å²) in [6.07, 6.45) is -1.55. The number of amides is 1. The van der Waals surface area contributed by atoms with Crippen LogP contribution in [-0.2, 0) is 35.2 Å². The average Bonchev–Trinajstić information content (AvgIpc) is 2.60. The van der Waals surface area contributed by atoms with E-state index in [1.54, 1.807) is 71.9 Å². The minimum Gasteiger partial charge on any atom is -0.480 e. The summed E-state index contributed by atoms with van der Waals surface area (Å²) in [5.41, 5.74) is -1.10. The SMILES string of the molecule is CC(C)(C)OC(=O)C(C[C@@H](NC(=O)OCc1ccccc1)C(=O)O)C(=O)OC(C)(C)C. The Morgan fingerprint density at radius 1 is 0.903 bits per heavy atom. The molecule has 31 heavy (non-hydrogen) atoms. The highest BCUT2D eigenvalue weighted by molar-refractivity contribution is 5.96. The van der Waals surface area contributed by atoms with E-state index in [4.69, 9.17) is 14.2 Å². The third-order valence-electron chi connectivity index (χ3n) is 3.66. The molecule has 0 aliphatic carbocycles. The highest BCUT2D eigenvalue weighted by atomic mass is 16.6. The minimum atomic E-state index is -1.58. The number of nitrogens with one attached hydrogen (secondary N) is 1. The molecule has 1 aromatic rings. The molecule has 0 aromatic heterocycles. The zero-order valence-electron chi connectivity index (χ0n) is 18.8. The molecule has 1 amide bonds. The number of benzene rings is 1. The van der Waals surface area contributed by atoms with Crippen molar-refractivity contribution in [3.63, 3.8) is 0 Å². The van der Waals surface area contributed by atoms with E-state index >= 15 is 0 Å². The van der Waals surface area contributed by atoms with Crippen molar-refractivity contribution >= 4 is 24.0 Å². The van der Waals surface area contributed by atoms with Crippen LogP contribution in [-0.4, -0.2) is 46.4 Å². The van der Waals surface area contributed by atoms with Gasteiger partial charge in [0.2, 0.25) is 0 Å². The summed E-state index contributed by atoms with van der Waals surface area (Å²) in [6.45, 7) is 9.63. The Hall–Kier alpha value is -3.10. The van der Waals surface area contributed by atoms with E-state index in [0.29, 0.717) is 5.56 Å². The lowest BCUT2D eigenvalue weighted by Gasteiger charge is -2.27. The molecule has 1 atom stereocenters. The van der Waals surface area contributed by atoms with Crippen molar-refractivity contribution in [3.8, 4) is 0 Å². The second kappa shape index (κ2) is 10.8. The van der Waals surface area contributed by atoms with Crippen LogP contribution in [0.15, 0.2) is 30.3 Å². The Morgan fingerprint density at radius 3 is 1.81 bits per heavy atom. The fraction of sp³-hybridized carbons (Fsp3) is 0.545. The molecule has 9 heteroatoms. The zero-order valence-corrected chi connectivity index (χ0v) is 18.8. The fourth-order valence-corrected chi connectivity index (χ4v) is 2.40. The van der Waals surface area contributed by atoms with Gasteiger partial charge in [-0.15, -0.1) is 0 Å². The predicted octanol–water partition coefficient (Wildman–Crippen LogP) is 3.06. The lowest BCUT2D eigenvalue weighted by Crippen LogP contribution is -2.46. The van der Waals surface area contributed by atoms with E-state index in [1.807, 2.05) is 0 Å². The summed E-state index contributed by atoms with van der Waals surface area (Å²) in [5.74, 6) is -4.86. The number of ether oxygens (including phenoxy) is 3. The second-order valence-corrected chi connectivity index (χ2v) is 8.95. The quantitative estimate of drug-likeness (QED) is 0.361. The normalized spacial score (nSPS) is 12.6. The van der Waals surface area contributed by atoms with Crippen LogP contribution >= 0.6 is 0 Å². The lowest BCUT2D eigenvalue weighted by molar-refractivity contribution is -0.175. The van der Waals surface area contributed by atoms with Crippen LogP contribution in [0, 0.1) is 5.92 Å². The number of carboxylic acids is 1. The number of esters is 2. The first-order chi connectivity index (χ1) is 14.2. The third kappa shape index (κ3) is 10.5. The van der Waals surface area contributed by atoms with Gasteiger partial charge in [-0.25, -0.2) is 9.59 Å². The molecule has 0 saturated carbocycles. The highest BCUT2D eigenvalue weighted by Gasteiger charge is 2.39. The molecule has 0 unspecified atom stereocenters. The molecular weight excluding hydrogens is 406 g/mol. The first-order valence-corrected chi connectivity index (χ1v) is 9.83. The monoisotopic (exact) mass is 437 g/mol. The van der Waals surface area contributed by atoms with Gasteiger partial charge in [0.1, 0.15) is 23.9 Å².